The number of benzene rings is 2. The van der Waals surface area contributed by atoms with E-state index in [9.17, 15) is 18.4 Å². The lowest BCUT2D eigenvalue weighted by atomic mass is 9.92. The first-order valence-electron chi connectivity index (χ1n) is 9.68. The van der Waals surface area contributed by atoms with Crippen LogP contribution >= 0.6 is 0 Å². The van der Waals surface area contributed by atoms with Crippen LogP contribution in [0.5, 0.6) is 5.75 Å². The second kappa shape index (κ2) is 8.88. The SMILES string of the molecule is N#CNC1=NC(c2ccccc2COc2cc(F)c(F)c(F)c2)c2c(nc(N)c(C#N)c2N)N1. The van der Waals surface area contributed by atoms with Crippen LogP contribution in [0.1, 0.15) is 28.3 Å². The molecule has 0 aliphatic carbocycles. The lowest BCUT2D eigenvalue weighted by Crippen LogP contribution is -2.33. The summed E-state index contributed by atoms with van der Waals surface area (Å²) in [5.41, 5.74) is 13.6. The molecular weight excluding hydrogens is 449 g/mol. The third-order valence-corrected chi connectivity index (χ3v) is 5.06. The Morgan fingerprint density at radius 1 is 1.12 bits per heavy atom. The molecule has 1 aliphatic rings. The van der Waals surface area contributed by atoms with Crippen LogP contribution in [-0.4, -0.2) is 10.9 Å². The maximum Gasteiger partial charge on any atom is 0.211 e. The molecule has 1 unspecified atom stereocenters. The van der Waals surface area contributed by atoms with Crippen LogP contribution in [0.4, 0.5) is 30.5 Å². The highest BCUT2D eigenvalue weighted by molar-refractivity contribution is 5.98. The molecule has 0 bridgehead atoms. The zero-order valence-corrected chi connectivity index (χ0v) is 17.2. The van der Waals surface area contributed by atoms with Gasteiger partial charge in [-0.3, -0.25) is 5.32 Å². The number of guanidine groups is 1. The molecule has 1 aromatic heterocycles. The Balaban J connectivity index is 1.78. The molecule has 170 valence electrons. The molecule has 0 spiro atoms. The minimum absolute atomic E-state index is 0.0246. The fourth-order valence-corrected chi connectivity index (χ4v) is 3.52. The zero-order valence-electron chi connectivity index (χ0n) is 17.2. The summed E-state index contributed by atoms with van der Waals surface area (Å²) < 4.78 is 45.9. The van der Waals surface area contributed by atoms with E-state index in [1.807, 2.05) is 6.07 Å². The maximum absolute atomic E-state index is 13.6. The number of nitriles is 2. The second-order valence-electron chi connectivity index (χ2n) is 7.09. The number of halogens is 3. The molecule has 0 amide bonds. The molecule has 6 N–H and O–H groups in total. The number of aromatic nitrogens is 1. The lowest BCUT2D eigenvalue weighted by molar-refractivity contribution is 0.298. The van der Waals surface area contributed by atoms with Gasteiger partial charge in [0.25, 0.3) is 0 Å². The van der Waals surface area contributed by atoms with Crippen LogP contribution in [-0.2, 0) is 6.61 Å². The number of nitrogens with zero attached hydrogens (tertiary/aromatic N) is 4. The number of aliphatic imine (C=N–C) groups is 1. The largest absolute Gasteiger partial charge is 0.489 e. The van der Waals surface area contributed by atoms with Crippen LogP contribution < -0.4 is 26.8 Å². The summed E-state index contributed by atoms with van der Waals surface area (Å²) in [5, 5.41) is 23.7. The molecule has 3 aromatic rings. The van der Waals surface area contributed by atoms with E-state index in [0.717, 1.165) is 12.1 Å². The molecule has 0 saturated heterocycles. The quantitative estimate of drug-likeness (QED) is 0.261. The first-order valence-corrected chi connectivity index (χ1v) is 9.68. The van der Waals surface area contributed by atoms with Crippen molar-refractivity contribution < 1.29 is 17.9 Å². The van der Waals surface area contributed by atoms with Crippen molar-refractivity contribution in [3.05, 3.63) is 76.1 Å². The van der Waals surface area contributed by atoms with Crippen molar-refractivity contribution in [3.63, 3.8) is 0 Å². The summed E-state index contributed by atoms with van der Waals surface area (Å²) in [6.07, 6.45) is 1.76. The van der Waals surface area contributed by atoms with Crippen molar-refractivity contribution in [3.8, 4) is 18.0 Å². The first-order chi connectivity index (χ1) is 16.3. The van der Waals surface area contributed by atoms with E-state index in [4.69, 9.17) is 21.5 Å². The lowest BCUT2D eigenvalue weighted by Gasteiger charge is -2.27. The average Bonchev–Trinajstić information content (AvgIpc) is 2.81. The predicted octanol–water partition coefficient (Wildman–Crippen LogP) is 3.06. The summed E-state index contributed by atoms with van der Waals surface area (Å²) in [6, 6.07) is 9.37. The zero-order chi connectivity index (χ0) is 24.4. The Hall–Kier alpha value is -4.97. The number of nitrogen functional groups attached to an aromatic ring is 2. The van der Waals surface area contributed by atoms with Gasteiger partial charge >= 0.3 is 0 Å². The van der Waals surface area contributed by atoms with Gasteiger partial charge < -0.3 is 21.5 Å². The first kappa shape index (κ1) is 22.2. The average molecular weight is 464 g/mol. The standard InChI is InChI=1S/C22H15F3N8O/c23-14-5-11(6-15(24)17(14)25)34-8-10-3-1-2-4-12(10)19-16-18(28)13(7-26)20(29)32-21(16)33-22(31-19)30-9-27/h1-6,19H,8H2,(H6,28,29,30,31,32,33). The summed E-state index contributed by atoms with van der Waals surface area (Å²) >= 11 is 0. The van der Waals surface area contributed by atoms with Crippen LogP contribution in [0, 0.1) is 40.2 Å². The van der Waals surface area contributed by atoms with Crippen molar-refractivity contribution in [2.75, 3.05) is 16.8 Å². The number of nitrogens with one attached hydrogen (secondary N) is 2. The van der Waals surface area contributed by atoms with Gasteiger partial charge in [-0.05, 0) is 11.1 Å². The molecule has 0 saturated carbocycles. The minimum atomic E-state index is -1.60. The van der Waals surface area contributed by atoms with E-state index in [-0.39, 0.29) is 41.2 Å². The number of anilines is 3. The fraction of sp³-hybridized carbons (Fsp3) is 0.0909. The number of nitrogens with two attached hydrogens (primary N) is 2. The van der Waals surface area contributed by atoms with Crippen molar-refractivity contribution in [1.82, 2.24) is 10.3 Å². The third kappa shape index (κ3) is 3.96. The van der Waals surface area contributed by atoms with Crippen molar-refractivity contribution in [2.24, 2.45) is 4.99 Å². The summed E-state index contributed by atoms with van der Waals surface area (Å²) in [6.45, 7) is -0.163. The van der Waals surface area contributed by atoms with Crippen LogP contribution in [0.25, 0.3) is 0 Å². The molecule has 1 atom stereocenters. The molecule has 9 nitrogen and oxygen atoms in total. The number of hydrogen-bond acceptors (Lipinski definition) is 9. The molecule has 1 aliphatic heterocycles. The Kier molecular flexibility index (Phi) is 5.80. The fourth-order valence-electron chi connectivity index (χ4n) is 3.52. The monoisotopic (exact) mass is 464 g/mol. The molecule has 2 aromatic carbocycles. The number of fused-ring (bicyclic) bond motifs is 1. The van der Waals surface area contributed by atoms with Gasteiger partial charge in [0.2, 0.25) is 5.96 Å². The Morgan fingerprint density at radius 2 is 1.82 bits per heavy atom. The molecule has 34 heavy (non-hydrogen) atoms. The summed E-state index contributed by atoms with van der Waals surface area (Å²) in [7, 11) is 0. The van der Waals surface area contributed by atoms with Gasteiger partial charge in [0.1, 0.15) is 41.7 Å². The van der Waals surface area contributed by atoms with Gasteiger partial charge in [-0.2, -0.15) is 10.5 Å². The van der Waals surface area contributed by atoms with Crippen molar-refractivity contribution in [1.29, 1.82) is 10.5 Å². The number of ether oxygens (including phenoxy) is 1. The molecular formula is C22H15F3N8O. The molecule has 12 heteroatoms. The Morgan fingerprint density at radius 3 is 2.50 bits per heavy atom. The van der Waals surface area contributed by atoms with Crippen LogP contribution in [0.2, 0.25) is 0 Å². The Labute approximate surface area is 191 Å². The molecule has 0 radical (unpaired) electrons. The molecule has 2 heterocycles. The van der Waals surface area contributed by atoms with E-state index >= 15 is 0 Å². The van der Waals surface area contributed by atoms with Crippen LogP contribution in [0.3, 0.4) is 0 Å². The normalized spacial score (nSPS) is 14.1. The smallest absolute Gasteiger partial charge is 0.211 e. The van der Waals surface area contributed by atoms with Crippen LogP contribution in [0.15, 0.2) is 41.4 Å². The van der Waals surface area contributed by atoms with Crippen molar-refractivity contribution >= 4 is 23.3 Å². The third-order valence-electron chi connectivity index (χ3n) is 5.06. The highest BCUT2D eigenvalue weighted by atomic mass is 19.2. The van der Waals surface area contributed by atoms with Gasteiger partial charge in [-0.1, -0.05) is 24.3 Å². The minimum Gasteiger partial charge on any atom is -0.489 e. The van der Waals surface area contributed by atoms with Gasteiger partial charge in [0.05, 0.1) is 5.69 Å². The Bertz CT molecular complexity index is 1390. The van der Waals surface area contributed by atoms with Crippen molar-refractivity contribution in [2.45, 2.75) is 12.6 Å². The van der Waals surface area contributed by atoms with E-state index < -0.39 is 23.5 Å². The number of rotatable bonds is 4. The van der Waals surface area contributed by atoms with E-state index in [1.165, 1.54) is 0 Å². The number of pyridine rings is 1. The topological polar surface area (TPSA) is 158 Å². The van der Waals surface area contributed by atoms with Gasteiger partial charge in [-0.15, -0.1) is 0 Å². The highest BCUT2D eigenvalue weighted by Gasteiger charge is 2.31. The highest BCUT2D eigenvalue weighted by Crippen LogP contribution is 2.41. The van der Waals surface area contributed by atoms with E-state index in [1.54, 1.807) is 30.5 Å². The maximum atomic E-state index is 13.6. The van der Waals surface area contributed by atoms with E-state index in [0.29, 0.717) is 16.7 Å². The van der Waals surface area contributed by atoms with Gasteiger partial charge in [0.15, 0.2) is 23.6 Å². The predicted molar refractivity (Wildman–Crippen MR) is 117 cm³/mol. The van der Waals surface area contributed by atoms with E-state index in [2.05, 4.69) is 20.6 Å². The second-order valence-corrected chi connectivity index (χ2v) is 7.09. The summed E-state index contributed by atoms with van der Waals surface area (Å²) in [5.74, 6) is -4.41. The van der Waals surface area contributed by atoms with Gasteiger partial charge in [0, 0.05) is 17.7 Å². The van der Waals surface area contributed by atoms with Gasteiger partial charge in [-0.25, -0.2) is 23.1 Å². The molecule has 0 fully saturated rings. The molecule has 4 rings (SSSR count). The number of hydrogen-bond donors (Lipinski definition) is 4. The summed E-state index contributed by atoms with van der Waals surface area (Å²) in [4.78, 5) is 8.67.